The molecule has 0 bridgehead atoms. The highest BCUT2D eigenvalue weighted by Crippen LogP contribution is 2.17. The van der Waals surface area contributed by atoms with Crippen LogP contribution in [0.25, 0.3) is 0 Å². The summed E-state index contributed by atoms with van der Waals surface area (Å²) in [6.45, 7) is 4.60. The van der Waals surface area contributed by atoms with Gasteiger partial charge in [-0.1, -0.05) is 13.8 Å². The Morgan fingerprint density at radius 3 is 2.95 bits per heavy atom. The third-order valence-electron chi connectivity index (χ3n) is 3.12. The topological polar surface area (TPSA) is 62.3 Å². The van der Waals surface area contributed by atoms with Crippen LogP contribution in [0.3, 0.4) is 0 Å². The summed E-state index contributed by atoms with van der Waals surface area (Å²) in [6, 6.07) is 2.03. The average molecular weight is 265 g/mol. The van der Waals surface area contributed by atoms with E-state index < -0.39 is 12.0 Å². The van der Waals surface area contributed by atoms with Crippen LogP contribution < -0.4 is 5.32 Å². The summed E-state index contributed by atoms with van der Waals surface area (Å²) in [7, 11) is 0. The Hall–Kier alpha value is -1.98. The minimum absolute atomic E-state index is 0.00376. The molecule has 2 amide bonds. The predicted octanol–water partition coefficient (Wildman–Crippen LogP) is 0.817. The van der Waals surface area contributed by atoms with Gasteiger partial charge in [0.1, 0.15) is 6.04 Å². The van der Waals surface area contributed by atoms with Crippen molar-refractivity contribution in [2.24, 2.45) is 5.92 Å². The van der Waals surface area contributed by atoms with Gasteiger partial charge in [0.2, 0.25) is 11.9 Å². The first-order valence-corrected chi connectivity index (χ1v) is 6.21. The number of pyridine rings is 1. The maximum atomic E-state index is 13.1. The molecule has 0 saturated carbocycles. The zero-order chi connectivity index (χ0) is 14.0. The predicted molar refractivity (Wildman–Crippen MR) is 66.9 cm³/mol. The third-order valence-corrected chi connectivity index (χ3v) is 3.12. The molecule has 6 heteroatoms. The van der Waals surface area contributed by atoms with Crippen molar-refractivity contribution in [2.75, 3.05) is 13.1 Å². The number of amides is 2. The van der Waals surface area contributed by atoms with Crippen LogP contribution in [0.1, 0.15) is 24.2 Å². The number of aromatic nitrogens is 1. The molecule has 0 aromatic carbocycles. The van der Waals surface area contributed by atoms with Crippen LogP contribution in [0.2, 0.25) is 0 Å². The van der Waals surface area contributed by atoms with E-state index in [0.29, 0.717) is 13.1 Å². The third kappa shape index (κ3) is 2.72. The van der Waals surface area contributed by atoms with Gasteiger partial charge in [-0.3, -0.25) is 9.59 Å². The van der Waals surface area contributed by atoms with E-state index >= 15 is 0 Å². The number of halogens is 1. The highest BCUT2D eigenvalue weighted by molar-refractivity contribution is 5.98. The van der Waals surface area contributed by atoms with Crippen LogP contribution >= 0.6 is 0 Å². The van der Waals surface area contributed by atoms with Gasteiger partial charge in [0.05, 0.1) is 0 Å². The first kappa shape index (κ1) is 13.5. The van der Waals surface area contributed by atoms with E-state index in [9.17, 15) is 14.0 Å². The number of hydrogen-bond acceptors (Lipinski definition) is 3. The van der Waals surface area contributed by atoms with Gasteiger partial charge in [0.25, 0.3) is 5.91 Å². The summed E-state index contributed by atoms with van der Waals surface area (Å²) in [5.41, 5.74) is 0.216. The molecule has 2 heterocycles. The van der Waals surface area contributed by atoms with E-state index in [1.807, 2.05) is 13.8 Å². The Bertz CT molecular complexity index is 504. The van der Waals surface area contributed by atoms with Crippen molar-refractivity contribution in [2.45, 2.75) is 19.9 Å². The fraction of sp³-hybridized carbons (Fsp3) is 0.462. The van der Waals surface area contributed by atoms with Crippen molar-refractivity contribution in [3.8, 4) is 0 Å². The van der Waals surface area contributed by atoms with Gasteiger partial charge in [-0.25, -0.2) is 4.98 Å². The van der Waals surface area contributed by atoms with Crippen molar-refractivity contribution < 1.29 is 14.0 Å². The minimum Gasteiger partial charge on any atom is -0.353 e. The molecule has 1 saturated heterocycles. The number of nitrogens with one attached hydrogen (secondary N) is 1. The van der Waals surface area contributed by atoms with Crippen LogP contribution in [0, 0.1) is 11.9 Å². The molecule has 1 aliphatic heterocycles. The molecule has 1 aliphatic rings. The number of carbonyl (C=O) groups is 2. The van der Waals surface area contributed by atoms with Crippen molar-refractivity contribution in [1.82, 2.24) is 15.2 Å². The van der Waals surface area contributed by atoms with Crippen LogP contribution in [0.15, 0.2) is 18.3 Å². The molecule has 0 spiro atoms. The Morgan fingerprint density at radius 1 is 1.58 bits per heavy atom. The molecular formula is C13H16FN3O2. The average Bonchev–Trinajstić information content (AvgIpc) is 2.37. The maximum absolute atomic E-state index is 13.1. The van der Waals surface area contributed by atoms with Crippen LogP contribution in [0.5, 0.6) is 0 Å². The summed E-state index contributed by atoms with van der Waals surface area (Å²) in [5.74, 6) is -1.21. The first-order valence-electron chi connectivity index (χ1n) is 6.21. The van der Waals surface area contributed by atoms with Crippen molar-refractivity contribution in [3.63, 3.8) is 0 Å². The first-order chi connectivity index (χ1) is 9.00. The summed E-state index contributed by atoms with van der Waals surface area (Å²) in [6.07, 6.45) is 1.25. The molecule has 1 unspecified atom stereocenters. The molecular weight excluding hydrogens is 249 g/mol. The fourth-order valence-electron chi connectivity index (χ4n) is 2.28. The van der Waals surface area contributed by atoms with Crippen LogP contribution in [-0.4, -0.2) is 40.8 Å². The molecule has 1 aromatic heterocycles. The molecule has 1 aromatic rings. The molecule has 0 radical (unpaired) electrons. The summed E-state index contributed by atoms with van der Waals surface area (Å²) < 4.78 is 13.1. The number of piperazine rings is 1. The molecule has 1 fully saturated rings. The molecule has 5 nitrogen and oxygen atoms in total. The van der Waals surface area contributed by atoms with Gasteiger partial charge < -0.3 is 10.2 Å². The second-order valence-corrected chi connectivity index (χ2v) is 4.85. The Kier molecular flexibility index (Phi) is 3.78. The second kappa shape index (κ2) is 5.34. The SMILES string of the molecule is CC(C)C1C(=O)NCCN1C(=O)c1ccnc(F)c1. The smallest absolute Gasteiger partial charge is 0.254 e. The van der Waals surface area contributed by atoms with Crippen LogP contribution in [-0.2, 0) is 4.79 Å². The van der Waals surface area contributed by atoms with Gasteiger partial charge in [0, 0.05) is 30.9 Å². The second-order valence-electron chi connectivity index (χ2n) is 4.85. The molecule has 1 N–H and O–H groups in total. The number of rotatable bonds is 2. The lowest BCUT2D eigenvalue weighted by Gasteiger charge is -2.37. The Morgan fingerprint density at radius 2 is 2.32 bits per heavy atom. The summed E-state index contributed by atoms with van der Waals surface area (Å²) in [4.78, 5) is 29.1. The maximum Gasteiger partial charge on any atom is 0.254 e. The number of carbonyl (C=O) groups excluding carboxylic acids is 2. The summed E-state index contributed by atoms with van der Waals surface area (Å²) >= 11 is 0. The molecule has 0 aliphatic carbocycles. The number of hydrogen-bond donors (Lipinski definition) is 1. The highest BCUT2D eigenvalue weighted by atomic mass is 19.1. The quantitative estimate of drug-likeness (QED) is 0.805. The lowest BCUT2D eigenvalue weighted by molar-refractivity contribution is -0.129. The number of nitrogens with zero attached hydrogens (tertiary/aromatic N) is 2. The van der Waals surface area contributed by atoms with E-state index in [1.54, 1.807) is 0 Å². The Labute approximate surface area is 110 Å². The van der Waals surface area contributed by atoms with Gasteiger partial charge in [-0.05, 0) is 12.0 Å². The normalized spacial score (nSPS) is 19.5. The fourth-order valence-corrected chi connectivity index (χ4v) is 2.28. The largest absolute Gasteiger partial charge is 0.353 e. The van der Waals surface area contributed by atoms with Gasteiger partial charge >= 0.3 is 0 Å². The molecule has 102 valence electrons. The van der Waals surface area contributed by atoms with Crippen molar-refractivity contribution >= 4 is 11.8 Å². The zero-order valence-corrected chi connectivity index (χ0v) is 10.9. The van der Waals surface area contributed by atoms with E-state index in [4.69, 9.17) is 0 Å². The van der Waals surface area contributed by atoms with E-state index in [1.165, 1.54) is 17.2 Å². The minimum atomic E-state index is -0.701. The lowest BCUT2D eigenvalue weighted by Crippen LogP contribution is -2.59. The van der Waals surface area contributed by atoms with Gasteiger partial charge in [-0.2, -0.15) is 4.39 Å². The van der Waals surface area contributed by atoms with E-state index in [0.717, 1.165) is 6.07 Å². The van der Waals surface area contributed by atoms with E-state index in [2.05, 4.69) is 10.3 Å². The lowest BCUT2D eigenvalue weighted by atomic mass is 9.99. The molecule has 2 rings (SSSR count). The van der Waals surface area contributed by atoms with Crippen LogP contribution in [0.4, 0.5) is 4.39 Å². The van der Waals surface area contributed by atoms with Crippen molar-refractivity contribution in [1.29, 1.82) is 0 Å². The van der Waals surface area contributed by atoms with E-state index in [-0.39, 0.29) is 23.3 Å². The standard InChI is InChI=1S/C13H16FN3O2/c1-8(2)11-12(18)16-5-6-17(11)13(19)9-3-4-15-10(14)7-9/h3-4,7-8,11H,5-6H2,1-2H3,(H,16,18). The summed E-state index contributed by atoms with van der Waals surface area (Å²) in [5, 5.41) is 2.74. The van der Waals surface area contributed by atoms with Gasteiger partial charge in [-0.15, -0.1) is 0 Å². The Balaban J connectivity index is 2.28. The van der Waals surface area contributed by atoms with Gasteiger partial charge in [0.15, 0.2) is 0 Å². The zero-order valence-electron chi connectivity index (χ0n) is 10.9. The molecule has 1 atom stereocenters. The highest BCUT2D eigenvalue weighted by Gasteiger charge is 2.35. The van der Waals surface area contributed by atoms with Crippen molar-refractivity contribution in [3.05, 3.63) is 29.8 Å². The monoisotopic (exact) mass is 265 g/mol. The molecule has 19 heavy (non-hydrogen) atoms.